The van der Waals surface area contributed by atoms with Crippen molar-refractivity contribution in [2.75, 3.05) is 0 Å². The first kappa shape index (κ1) is 23.4. The number of aliphatic carboxylic acids is 1. The standard InChI is InChI=1S/C30H29NO3/c1-23(34-22-24-14-6-2-7-15-24)28(29(32)33)31-30(25-16-8-3-9-17-25,26-18-10-4-11-19-26)27-20-12-5-13-21-27/h2-21,23,28,31H,22H2,1H3,(H,32,33)/t23-,28-/m1/s1. The number of ether oxygens (including phenoxy) is 1. The van der Waals surface area contributed by atoms with Crippen LogP contribution in [0.3, 0.4) is 0 Å². The normalized spacial score (nSPS) is 13.2. The second-order valence-electron chi connectivity index (χ2n) is 8.31. The second kappa shape index (κ2) is 10.9. The van der Waals surface area contributed by atoms with Gasteiger partial charge < -0.3 is 9.84 Å². The molecule has 0 saturated heterocycles. The molecule has 0 radical (unpaired) electrons. The van der Waals surface area contributed by atoms with Crippen LogP contribution in [0.15, 0.2) is 121 Å². The van der Waals surface area contributed by atoms with Crippen LogP contribution in [0.4, 0.5) is 0 Å². The number of hydrogen-bond acceptors (Lipinski definition) is 3. The third kappa shape index (κ3) is 5.09. The third-order valence-electron chi connectivity index (χ3n) is 6.08. The zero-order valence-electron chi connectivity index (χ0n) is 19.2. The number of benzene rings is 4. The SMILES string of the molecule is C[C@@H](OCc1ccccc1)[C@@H](NC(c1ccccc1)(c1ccccc1)c1ccccc1)C(=O)O. The molecule has 0 spiro atoms. The van der Waals surface area contributed by atoms with Crippen molar-refractivity contribution in [2.45, 2.75) is 31.2 Å². The first-order valence-electron chi connectivity index (χ1n) is 11.4. The number of nitrogens with one attached hydrogen (secondary N) is 1. The lowest BCUT2D eigenvalue weighted by Gasteiger charge is -2.40. The lowest BCUT2D eigenvalue weighted by molar-refractivity contribution is -0.144. The quantitative estimate of drug-likeness (QED) is 0.307. The Kier molecular flexibility index (Phi) is 7.53. The number of carboxylic acid groups (broad SMARTS) is 1. The fourth-order valence-corrected chi connectivity index (χ4v) is 4.33. The predicted molar refractivity (Wildman–Crippen MR) is 134 cm³/mol. The highest BCUT2D eigenvalue weighted by Crippen LogP contribution is 2.37. The molecule has 172 valence electrons. The van der Waals surface area contributed by atoms with Gasteiger partial charge in [0, 0.05) is 0 Å². The molecule has 0 aliphatic carbocycles. The Morgan fingerprint density at radius 1 is 0.735 bits per heavy atom. The summed E-state index contributed by atoms with van der Waals surface area (Å²) in [5.74, 6) is -0.965. The first-order valence-corrected chi connectivity index (χ1v) is 11.4. The van der Waals surface area contributed by atoms with Crippen molar-refractivity contribution in [3.63, 3.8) is 0 Å². The topological polar surface area (TPSA) is 58.6 Å². The van der Waals surface area contributed by atoms with Crippen LogP contribution < -0.4 is 5.32 Å². The molecule has 0 unspecified atom stereocenters. The first-order chi connectivity index (χ1) is 16.6. The average Bonchev–Trinajstić information content (AvgIpc) is 2.90. The molecule has 0 amide bonds. The summed E-state index contributed by atoms with van der Waals surface area (Å²) in [7, 11) is 0. The van der Waals surface area contributed by atoms with Crippen LogP contribution in [0.5, 0.6) is 0 Å². The lowest BCUT2D eigenvalue weighted by atomic mass is 9.76. The lowest BCUT2D eigenvalue weighted by Crippen LogP contribution is -2.56. The van der Waals surface area contributed by atoms with E-state index in [1.807, 2.05) is 121 Å². The molecule has 2 N–H and O–H groups in total. The molecule has 0 bridgehead atoms. The van der Waals surface area contributed by atoms with E-state index in [1.165, 1.54) is 0 Å². The minimum Gasteiger partial charge on any atom is -0.480 e. The highest BCUT2D eigenvalue weighted by molar-refractivity contribution is 5.75. The van der Waals surface area contributed by atoms with Gasteiger partial charge in [0.15, 0.2) is 0 Å². The Bertz CT molecular complexity index is 1070. The minimum absolute atomic E-state index is 0.336. The van der Waals surface area contributed by atoms with Crippen molar-refractivity contribution in [1.82, 2.24) is 5.32 Å². The molecule has 4 nitrogen and oxygen atoms in total. The van der Waals surface area contributed by atoms with Crippen LogP contribution in [-0.4, -0.2) is 23.2 Å². The van der Waals surface area contributed by atoms with Crippen LogP contribution in [0.25, 0.3) is 0 Å². The third-order valence-corrected chi connectivity index (χ3v) is 6.08. The largest absolute Gasteiger partial charge is 0.480 e. The van der Waals surface area contributed by atoms with Gasteiger partial charge in [-0.15, -0.1) is 0 Å². The summed E-state index contributed by atoms with van der Waals surface area (Å²) in [5.41, 5.74) is 2.97. The van der Waals surface area contributed by atoms with Gasteiger partial charge in [0.2, 0.25) is 0 Å². The molecule has 34 heavy (non-hydrogen) atoms. The van der Waals surface area contributed by atoms with Gasteiger partial charge in [-0.25, -0.2) is 0 Å². The summed E-state index contributed by atoms with van der Waals surface area (Å²) in [5, 5.41) is 13.8. The van der Waals surface area contributed by atoms with Gasteiger partial charge in [0.25, 0.3) is 0 Å². The fourth-order valence-electron chi connectivity index (χ4n) is 4.33. The molecule has 0 aliphatic rings. The summed E-state index contributed by atoms with van der Waals surface area (Å²) in [6, 6.07) is 38.7. The summed E-state index contributed by atoms with van der Waals surface area (Å²) in [6.07, 6.45) is -0.590. The number of carboxylic acids is 1. The Hall–Kier alpha value is -3.73. The second-order valence-corrected chi connectivity index (χ2v) is 8.31. The van der Waals surface area contributed by atoms with E-state index in [-0.39, 0.29) is 0 Å². The van der Waals surface area contributed by atoms with Crippen molar-refractivity contribution in [1.29, 1.82) is 0 Å². The van der Waals surface area contributed by atoms with E-state index in [2.05, 4.69) is 5.32 Å². The average molecular weight is 452 g/mol. The Morgan fingerprint density at radius 2 is 1.12 bits per heavy atom. The number of carbonyl (C=O) groups is 1. The predicted octanol–water partition coefficient (Wildman–Crippen LogP) is 5.63. The summed E-state index contributed by atoms with van der Waals surface area (Å²) < 4.78 is 6.06. The van der Waals surface area contributed by atoms with Crippen LogP contribution >= 0.6 is 0 Å². The van der Waals surface area contributed by atoms with Crippen LogP contribution in [0.1, 0.15) is 29.2 Å². The van der Waals surface area contributed by atoms with E-state index in [0.717, 1.165) is 22.3 Å². The maximum atomic E-state index is 12.6. The molecule has 2 atom stereocenters. The molecule has 0 aliphatic heterocycles. The minimum atomic E-state index is -0.968. The van der Waals surface area contributed by atoms with Crippen molar-refractivity contribution >= 4 is 5.97 Å². The zero-order valence-corrected chi connectivity index (χ0v) is 19.2. The van der Waals surface area contributed by atoms with Gasteiger partial charge in [-0.3, -0.25) is 10.1 Å². The molecule has 4 rings (SSSR count). The van der Waals surface area contributed by atoms with E-state index >= 15 is 0 Å². The van der Waals surface area contributed by atoms with Crippen LogP contribution in [0.2, 0.25) is 0 Å². The maximum absolute atomic E-state index is 12.6. The highest BCUT2D eigenvalue weighted by Gasteiger charge is 2.41. The van der Waals surface area contributed by atoms with E-state index in [4.69, 9.17) is 4.74 Å². The Morgan fingerprint density at radius 3 is 1.50 bits per heavy atom. The molecule has 0 saturated carbocycles. The van der Waals surface area contributed by atoms with Gasteiger partial charge in [-0.2, -0.15) is 0 Å². The van der Waals surface area contributed by atoms with Crippen molar-refractivity contribution in [3.8, 4) is 0 Å². The van der Waals surface area contributed by atoms with Crippen LogP contribution in [0, 0.1) is 0 Å². The molecular formula is C30H29NO3. The molecule has 4 aromatic rings. The highest BCUT2D eigenvalue weighted by atomic mass is 16.5. The summed E-state index contributed by atoms with van der Waals surface area (Å²) in [4.78, 5) is 12.6. The van der Waals surface area contributed by atoms with Crippen LogP contribution in [-0.2, 0) is 21.7 Å². The summed E-state index contributed by atoms with van der Waals surface area (Å²) in [6.45, 7) is 2.14. The van der Waals surface area contributed by atoms with E-state index < -0.39 is 23.7 Å². The number of rotatable bonds is 10. The molecule has 4 aromatic carbocycles. The Labute approximate surface area is 200 Å². The zero-order chi connectivity index (χ0) is 23.8. The summed E-state index contributed by atoms with van der Waals surface area (Å²) >= 11 is 0. The smallest absolute Gasteiger partial charge is 0.323 e. The van der Waals surface area contributed by atoms with Crippen molar-refractivity contribution in [2.24, 2.45) is 0 Å². The van der Waals surface area contributed by atoms with Gasteiger partial charge in [0.1, 0.15) is 6.04 Å². The maximum Gasteiger partial charge on any atom is 0.323 e. The molecule has 0 heterocycles. The van der Waals surface area contributed by atoms with Crippen molar-refractivity contribution in [3.05, 3.63) is 144 Å². The van der Waals surface area contributed by atoms with Gasteiger partial charge in [-0.1, -0.05) is 121 Å². The van der Waals surface area contributed by atoms with Gasteiger partial charge in [0.05, 0.1) is 18.2 Å². The monoisotopic (exact) mass is 451 g/mol. The van der Waals surface area contributed by atoms with E-state index in [1.54, 1.807) is 6.92 Å². The van der Waals surface area contributed by atoms with Gasteiger partial charge >= 0.3 is 5.97 Å². The van der Waals surface area contributed by atoms with Gasteiger partial charge in [-0.05, 0) is 29.2 Å². The van der Waals surface area contributed by atoms with E-state index in [9.17, 15) is 9.90 Å². The molecule has 0 aromatic heterocycles. The van der Waals surface area contributed by atoms with E-state index in [0.29, 0.717) is 6.61 Å². The fraction of sp³-hybridized carbons (Fsp3) is 0.167. The molecule has 4 heteroatoms. The number of hydrogen-bond donors (Lipinski definition) is 2. The molecular weight excluding hydrogens is 422 g/mol. The molecule has 0 fully saturated rings. The Balaban J connectivity index is 1.78. The van der Waals surface area contributed by atoms with Crippen molar-refractivity contribution < 1.29 is 14.6 Å².